The lowest BCUT2D eigenvalue weighted by molar-refractivity contribution is 0.102. The van der Waals surface area contributed by atoms with Gasteiger partial charge in [0.25, 0.3) is 5.91 Å². The summed E-state index contributed by atoms with van der Waals surface area (Å²) in [5, 5.41) is 4.33. The highest BCUT2D eigenvalue weighted by atomic mass is 16.5. The van der Waals surface area contributed by atoms with E-state index in [2.05, 4.69) is 21.3 Å². The normalized spacial score (nSPS) is 16.8. The molecule has 1 fully saturated rings. The summed E-state index contributed by atoms with van der Waals surface area (Å²) in [5.74, 6) is -0.0617. The molecular formula is C23H25N3O2. The lowest BCUT2D eigenvalue weighted by Gasteiger charge is -2.30. The van der Waals surface area contributed by atoms with Crippen molar-refractivity contribution in [2.75, 3.05) is 36.5 Å². The van der Waals surface area contributed by atoms with E-state index in [0.717, 1.165) is 56.0 Å². The van der Waals surface area contributed by atoms with E-state index in [-0.39, 0.29) is 5.91 Å². The van der Waals surface area contributed by atoms with Crippen molar-refractivity contribution < 1.29 is 9.53 Å². The number of morpholine rings is 1. The van der Waals surface area contributed by atoms with Gasteiger partial charge in [-0.2, -0.15) is 0 Å². The number of hydrogen-bond donors (Lipinski definition) is 2. The number of fused-ring (bicyclic) bond motifs is 3. The summed E-state index contributed by atoms with van der Waals surface area (Å²) in [6, 6.07) is 14.0. The zero-order valence-corrected chi connectivity index (χ0v) is 16.0. The van der Waals surface area contributed by atoms with Crippen molar-refractivity contribution in [1.29, 1.82) is 0 Å². The van der Waals surface area contributed by atoms with E-state index in [0.29, 0.717) is 5.56 Å². The number of carbonyl (C=O) groups excluding carboxylic acids is 1. The topological polar surface area (TPSA) is 57.4 Å². The number of anilines is 2. The largest absolute Gasteiger partial charge is 0.378 e. The Morgan fingerprint density at radius 1 is 1.04 bits per heavy atom. The number of carbonyl (C=O) groups is 1. The molecule has 2 aromatic carbocycles. The van der Waals surface area contributed by atoms with Crippen LogP contribution in [0.3, 0.4) is 0 Å². The van der Waals surface area contributed by atoms with Crippen LogP contribution in [0.2, 0.25) is 0 Å². The van der Waals surface area contributed by atoms with Gasteiger partial charge in [-0.15, -0.1) is 0 Å². The number of amides is 1. The fourth-order valence-corrected chi connectivity index (χ4v) is 4.40. The van der Waals surface area contributed by atoms with Crippen LogP contribution in [0.5, 0.6) is 0 Å². The zero-order chi connectivity index (χ0) is 18.9. The lowest BCUT2D eigenvalue weighted by Crippen LogP contribution is -2.36. The maximum absolute atomic E-state index is 13.0. The molecule has 0 unspecified atom stereocenters. The standard InChI is InChI=1S/C23H25N3O2/c27-23(25-21-7-3-4-8-22(21)26-11-13-28-14-12-26)16-9-10-20-18(15-16)17-5-1-2-6-19(17)24-20/h3-4,7-10,15,24H,1-2,5-6,11-14H2,(H,25,27). The van der Waals surface area contributed by atoms with Gasteiger partial charge in [-0.05, 0) is 61.6 Å². The van der Waals surface area contributed by atoms with Crippen LogP contribution in [0, 0.1) is 0 Å². The second kappa shape index (κ2) is 7.32. The first-order valence-electron chi connectivity index (χ1n) is 10.2. The van der Waals surface area contributed by atoms with Gasteiger partial charge in [0.05, 0.1) is 24.6 Å². The third-order valence-corrected chi connectivity index (χ3v) is 5.86. The summed E-state index contributed by atoms with van der Waals surface area (Å²) < 4.78 is 5.46. The number of aryl methyl sites for hydroxylation is 2. The Hall–Kier alpha value is -2.79. The molecule has 0 bridgehead atoms. The van der Waals surface area contributed by atoms with Crippen LogP contribution in [0.15, 0.2) is 42.5 Å². The van der Waals surface area contributed by atoms with Gasteiger partial charge in [-0.3, -0.25) is 4.79 Å². The van der Waals surface area contributed by atoms with Crippen molar-refractivity contribution in [2.45, 2.75) is 25.7 Å². The Morgan fingerprint density at radius 3 is 2.75 bits per heavy atom. The van der Waals surface area contributed by atoms with E-state index in [9.17, 15) is 4.79 Å². The van der Waals surface area contributed by atoms with Gasteiger partial charge in [0.2, 0.25) is 0 Å². The van der Waals surface area contributed by atoms with Crippen LogP contribution < -0.4 is 10.2 Å². The van der Waals surface area contributed by atoms with E-state index >= 15 is 0 Å². The van der Waals surface area contributed by atoms with Gasteiger partial charge < -0.3 is 19.9 Å². The minimum Gasteiger partial charge on any atom is -0.378 e. The van der Waals surface area contributed by atoms with Crippen LogP contribution in [0.25, 0.3) is 10.9 Å². The highest BCUT2D eigenvalue weighted by Gasteiger charge is 2.19. The molecule has 28 heavy (non-hydrogen) atoms. The molecule has 0 saturated carbocycles. The van der Waals surface area contributed by atoms with Gasteiger partial charge in [0, 0.05) is 35.2 Å². The van der Waals surface area contributed by atoms with Crippen molar-refractivity contribution in [2.24, 2.45) is 0 Å². The maximum atomic E-state index is 13.0. The Balaban J connectivity index is 1.43. The number of nitrogens with zero attached hydrogens (tertiary/aromatic N) is 1. The summed E-state index contributed by atoms with van der Waals surface area (Å²) in [5.41, 5.74) is 6.49. The summed E-state index contributed by atoms with van der Waals surface area (Å²) in [6.07, 6.45) is 4.67. The molecule has 144 valence electrons. The van der Waals surface area contributed by atoms with E-state index in [1.165, 1.54) is 29.5 Å². The van der Waals surface area contributed by atoms with E-state index in [4.69, 9.17) is 4.74 Å². The fourth-order valence-electron chi connectivity index (χ4n) is 4.40. The Kier molecular flexibility index (Phi) is 4.53. The first-order valence-corrected chi connectivity index (χ1v) is 10.2. The molecule has 2 N–H and O–H groups in total. The number of nitrogens with one attached hydrogen (secondary N) is 2. The lowest BCUT2D eigenvalue weighted by atomic mass is 9.95. The molecule has 5 heteroatoms. The minimum atomic E-state index is -0.0617. The van der Waals surface area contributed by atoms with E-state index in [1.807, 2.05) is 36.4 Å². The number of rotatable bonds is 3. The zero-order valence-electron chi connectivity index (χ0n) is 16.0. The maximum Gasteiger partial charge on any atom is 0.255 e. The van der Waals surface area contributed by atoms with Gasteiger partial charge in [-0.25, -0.2) is 0 Å². The highest BCUT2D eigenvalue weighted by molar-refractivity contribution is 6.08. The minimum absolute atomic E-state index is 0.0617. The van der Waals surface area contributed by atoms with Crippen molar-refractivity contribution in [3.63, 3.8) is 0 Å². The molecule has 0 spiro atoms. The first kappa shape index (κ1) is 17.3. The third-order valence-electron chi connectivity index (χ3n) is 5.86. The Morgan fingerprint density at radius 2 is 1.86 bits per heavy atom. The van der Waals surface area contributed by atoms with Crippen molar-refractivity contribution in [3.8, 4) is 0 Å². The number of ether oxygens (including phenoxy) is 1. The molecule has 1 aliphatic heterocycles. The predicted octanol–water partition coefficient (Wildman–Crippen LogP) is 4.14. The molecule has 1 aliphatic carbocycles. The van der Waals surface area contributed by atoms with Crippen LogP contribution in [0.4, 0.5) is 11.4 Å². The third kappa shape index (κ3) is 3.16. The number of hydrogen-bond acceptors (Lipinski definition) is 3. The van der Waals surface area contributed by atoms with Gasteiger partial charge in [0.1, 0.15) is 0 Å². The predicted molar refractivity (Wildman–Crippen MR) is 112 cm³/mol. The van der Waals surface area contributed by atoms with Gasteiger partial charge >= 0.3 is 0 Å². The highest BCUT2D eigenvalue weighted by Crippen LogP contribution is 2.31. The van der Waals surface area contributed by atoms with Crippen LogP contribution >= 0.6 is 0 Å². The molecule has 0 atom stereocenters. The summed E-state index contributed by atoms with van der Waals surface area (Å²) in [7, 11) is 0. The van der Waals surface area contributed by atoms with Crippen LogP contribution in [-0.2, 0) is 17.6 Å². The number of aromatic amines is 1. The molecule has 1 aromatic heterocycles. The number of aromatic nitrogens is 1. The first-order chi connectivity index (χ1) is 13.8. The monoisotopic (exact) mass is 375 g/mol. The fraction of sp³-hybridized carbons (Fsp3) is 0.348. The quantitative estimate of drug-likeness (QED) is 0.723. The molecule has 1 amide bonds. The molecule has 0 radical (unpaired) electrons. The van der Waals surface area contributed by atoms with E-state index in [1.54, 1.807) is 0 Å². The van der Waals surface area contributed by atoms with Crippen molar-refractivity contribution in [1.82, 2.24) is 4.98 Å². The SMILES string of the molecule is O=C(Nc1ccccc1N1CCOCC1)c1ccc2[nH]c3c(c2c1)CCCC3. The number of H-pyrrole nitrogens is 1. The number of para-hydroxylation sites is 2. The molecule has 2 heterocycles. The Bertz CT molecular complexity index is 1020. The summed E-state index contributed by atoms with van der Waals surface area (Å²) in [4.78, 5) is 18.8. The Labute approximate surface area is 164 Å². The van der Waals surface area contributed by atoms with E-state index < -0.39 is 0 Å². The molecule has 5 rings (SSSR count). The van der Waals surface area contributed by atoms with Gasteiger partial charge in [0.15, 0.2) is 0 Å². The molecule has 2 aliphatic rings. The second-order valence-electron chi connectivity index (χ2n) is 7.62. The smallest absolute Gasteiger partial charge is 0.255 e. The summed E-state index contributed by atoms with van der Waals surface area (Å²) >= 11 is 0. The van der Waals surface area contributed by atoms with Crippen molar-refractivity contribution in [3.05, 3.63) is 59.3 Å². The molecule has 3 aromatic rings. The number of benzene rings is 2. The average molecular weight is 375 g/mol. The van der Waals surface area contributed by atoms with Gasteiger partial charge in [-0.1, -0.05) is 12.1 Å². The summed E-state index contributed by atoms with van der Waals surface area (Å²) in [6.45, 7) is 3.12. The molecular weight excluding hydrogens is 350 g/mol. The molecule has 1 saturated heterocycles. The van der Waals surface area contributed by atoms with Crippen molar-refractivity contribution >= 4 is 28.2 Å². The van der Waals surface area contributed by atoms with Crippen LogP contribution in [0.1, 0.15) is 34.5 Å². The molecule has 5 nitrogen and oxygen atoms in total. The van der Waals surface area contributed by atoms with Crippen LogP contribution in [-0.4, -0.2) is 37.2 Å². The average Bonchev–Trinajstić information content (AvgIpc) is 3.12. The second-order valence-corrected chi connectivity index (χ2v) is 7.62.